The lowest BCUT2D eigenvalue weighted by Crippen LogP contribution is -2.46. The zero-order valence-corrected chi connectivity index (χ0v) is 23.6. The number of thiazole rings is 1. The summed E-state index contributed by atoms with van der Waals surface area (Å²) >= 11 is 1.78. The third-order valence-corrected chi connectivity index (χ3v) is 6.94. The van der Waals surface area contributed by atoms with E-state index in [0.717, 1.165) is 75.8 Å². The van der Waals surface area contributed by atoms with Crippen LogP contribution in [0.2, 0.25) is 0 Å². The Balaban J connectivity index is 0.000000413. The Hall–Kier alpha value is -3.99. The minimum atomic E-state index is -1.82. The largest absolute Gasteiger partial charge is 0.473 e. The SMILES string of the molecule is CCOCCn1c(CN2CCN(CCc3scnc3C)CC2)nc2cccnc21.O=C(O)C(=O)O.O=C(O)C(=O)O. The van der Waals surface area contributed by atoms with Crippen molar-refractivity contribution in [2.75, 3.05) is 45.9 Å². The van der Waals surface area contributed by atoms with Crippen molar-refractivity contribution < 1.29 is 44.3 Å². The number of nitrogens with zero attached hydrogens (tertiary/aromatic N) is 6. The minimum Gasteiger partial charge on any atom is -0.473 e. The van der Waals surface area contributed by atoms with Crippen molar-refractivity contribution in [3.8, 4) is 0 Å². The molecule has 4 heterocycles. The Morgan fingerprint density at radius 2 is 1.54 bits per heavy atom. The second-order valence-electron chi connectivity index (χ2n) is 8.67. The van der Waals surface area contributed by atoms with E-state index in [2.05, 4.69) is 31.3 Å². The summed E-state index contributed by atoms with van der Waals surface area (Å²) in [5, 5.41) is 29.6. The maximum atomic E-state index is 9.10. The number of pyridine rings is 1. The first-order valence-corrected chi connectivity index (χ1v) is 13.5. The number of aromatic nitrogens is 4. The van der Waals surface area contributed by atoms with Crippen molar-refractivity contribution in [3.63, 3.8) is 0 Å². The van der Waals surface area contributed by atoms with Crippen LogP contribution in [-0.4, -0.2) is 120 Å². The molecule has 0 amide bonds. The molecule has 41 heavy (non-hydrogen) atoms. The number of aryl methyl sites for hydroxylation is 1. The highest BCUT2D eigenvalue weighted by atomic mass is 32.1. The lowest BCUT2D eigenvalue weighted by molar-refractivity contribution is -0.159. The second-order valence-corrected chi connectivity index (χ2v) is 9.61. The van der Waals surface area contributed by atoms with Crippen LogP contribution in [0.5, 0.6) is 0 Å². The molecule has 4 N–H and O–H groups in total. The van der Waals surface area contributed by atoms with Gasteiger partial charge in [-0.25, -0.2) is 34.1 Å². The molecule has 0 saturated carbocycles. The van der Waals surface area contributed by atoms with E-state index >= 15 is 0 Å². The maximum absolute atomic E-state index is 9.10. The molecule has 3 aromatic heterocycles. The first-order chi connectivity index (χ1) is 19.5. The molecular formula is C25H34N6O9S. The van der Waals surface area contributed by atoms with Crippen LogP contribution in [0.15, 0.2) is 23.8 Å². The molecule has 0 spiro atoms. The van der Waals surface area contributed by atoms with Gasteiger partial charge in [-0.15, -0.1) is 11.3 Å². The van der Waals surface area contributed by atoms with E-state index in [0.29, 0.717) is 6.61 Å². The standard InChI is InChI=1S/C21H30N6OS.2C2H2O4/c1-3-28-14-13-27-20(24-18-5-4-7-22-21(18)27)15-26-11-9-25(10-12-26)8-6-19-17(2)23-16-29-19;2*3-1(4)2(5)6/h4-5,7,16H,3,6,8-15H2,1-2H3;2*(H,3,4)(H,5,6). The summed E-state index contributed by atoms with van der Waals surface area (Å²) in [6.07, 6.45) is 2.95. The van der Waals surface area contributed by atoms with Gasteiger partial charge >= 0.3 is 23.9 Å². The van der Waals surface area contributed by atoms with E-state index in [1.54, 1.807) is 11.3 Å². The van der Waals surface area contributed by atoms with Gasteiger partial charge in [-0.2, -0.15) is 0 Å². The normalized spacial score (nSPS) is 13.5. The van der Waals surface area contributed by atoms with Crippen LogP contribution in [0.3, 0.4) is 0 Å². The number of hydrogen-bond acceptors (Lipinski definition) is 11. The zero-order valence-electron chi connectivity index (χ0n) is 22.8. The molecular weight excluding hydrogens is 560 g/mol. The van der Waals surface area contributed by atoms with E-state index < -0.39 is 23.9 Å². The van der Waals surface area contributed by atoms with Crippen LogP contribution in [0.1, 0.15) is 23.3 Å². The fraction of sp³-hybridized carbons (Fsp3) is 0.480. The van der Waals surface area contributed by atoms with Crippen LogP contribution in [0, 0.1) is 6.92 Å². The summed E-state index contributed by atoms with van der Waals surface area (Å²) in [4.78, 5) is 56.7. The predicted octanol–water partition coefficient (Wildman–Crippen LogP) is 0.904. The molecule has 16 heteroatoms. The summed E-state index contributed by atoms with van der Waals surface area (Å²) in [6, 6.07) is 4.00. The number of fused-ring (bicyclic) bond motifs is 1. The molecule has 1 saturated heterocycles. The fourth-order valence-electron chi connectivity index (χ4n) is 3.86. The van der Waals surface area contributed by atoms with E-state index in [1.807, 2.05) is 30.8 Å². The molecule has 4 rings (SSSR count). The predicted molar refractivity (Wildman–Crippen MR) is 147 cm³/mol. The van der Waals surface area contributed by atoms with E-state index in [4.69, 9.17) is 49.3 Å². The Morgan fingerprint density at radius 3 is 2.07 bits per heavy atom. The molecule has 0 aliphatic carbocycles. The number of aliphatic carboxylic acids is 4. The lowest BCUT2D eigenvalue weighted by atomic mass is 10.2. The van der Waals surface area contributed by atoms with Crippen LogP contribution in [0.25, 0.3) is 11.2 Å². The number of carboxylic acids is 4. The van der Waals surface area contributed by atoms with Gasteiger partial charge in [0.05, 0.1) is 24.4 Å². The van der Waals surface area contributed by atoms with Crippen LogP contribution in [-0.2, 0) is 43.4 Å². The topological polar surface area (TPSA) is 209 Å². The number of piperazine rings is 1. The summed E-state index contributed by atoms with van der Waals surface area (Å²) in [6.45, 7) is 12.7. The number of ether oxygens (including phenoxy) is 1. The number of hydrogen-bond donors (Lipinski definition) is 4. The van der Waals surface area contributed by atoms with Gasteiger partial charge in [0.25, 0.3) is 0 Å². The molecule has 1 fully saturated rings. The highest BCUT2D eigenvalue weighted by Crippen LogP contribution is 2.17. The Labute approximate surface area is 239 Å². The van der Waals surface area contributed by atoms with Crippen molar-refractivity contribution in [1.82, 2.24) is 29.3 Å². The molecule has 1 aliphatic rings. The monoisotopic (exact) mass is 594 g/mol. The van der Waals surface area contributed by atoms with Crippen LogP contribution in [0.4, 0.5) is 0 Å². The molecule has 0 aromatic carbocycles. The maximum Gasteiger partial charge on any atom is 0.414 e. The zero-order chi connectivity index (χ0) is 30.4. The summed E-state index contributed by atoms with van der Waals surface area (Å²) in [7, 11) is 0. The number of carbonyl (C=O) groups is 4. The third kappa shape index (κ3) is 11.2. The second kappa shape index (κ2) is 17.0. The van der Waals surface area contributed by atoms with Gasteiger partial charge in [0, 0.05) is 56.9 Å². The number of rotatable bonds is 9. The highest BCUT2D eigenvalue weighted by molar-refractivity contribution is 7.09. The molecule has 15 nitrogen and oxygen atoms in total. The molecule has 3 aromatic rings. The van der Waals surface area contributed by atoms with Gasteiger partial charge in [0.1, 0.15) is 11.3 Å². The molecule has 0 bridgehead atoms. The van der Waals surface area contributed by atoms with Crippen molar-refractivity contribution in [2.45, 2.75) is 33.4 Å². The van der Waals surface area contributed by atoms with Gasteiger partial charge in [0.15, 0.2) is 5.65 Å². The van der Waals surface area contributed by atoms with E-state index in [9.17, 15) is 0 Å². The Morgan fingerprint density at radius 1 is 0.927 bits per heavy atom. The third-order valence-electron chi connectivity index (χ3n) is 5.94. The van der Waals surface area contributed by atoms with E-state index in [1.165, 1.54) is 10.6 Å². The summed E-state index contributed by atoms with van der Waals surface area (Å²) in [5.41, 5.74) is 5.07. The Bertz CT molecular complexity index is 1260. The summed E-state index contributed by atoms with van der Waals surface area (Å²) < 4.78 is 7.81. The quantitative estimate of drug-likeness (QED) is 0.200. The molecule has 0 unspecified atom stereocenters. The highest BCUT2D eigenvalue weighted by Gasteiger charge is 2.20. The van der Waals surface area contributed by atoms with Crippen LogP contribution >= 0.6 is 11.3 Å². The number of carboxylic acid groups (broad SMARTS) is 4. The van der Waals surface area contributed by atoms with Crippen molar-refractivity contribution in [1.29, 1.82) is 0 Å². The molecule has 224 valence electrons. The van der Waals surface area contributed by atoms with Gasteiger partial charge in [-0.3, -0.25) is 4.90 Å². The lowest BCUT2D eigenvalue weighted by Gasteiger charge is -2.34. The van der Waals surface area contributed by atoms with Crippen molar-refractivity contribution >= 4 is 46.4 Å². The smallest absolute Gasteiger partial charge is 0.414 e. The van der Waals surface area contributed by atoms with Crippen LogP contribution < -0.4 is 0 Å². The molecule has 1 aliphatic heterocycles. The van der Waals surface area contributed by atoms with Gasteiger partial charge in [-0.05, 0) is 32.4 Å². The number of imidazole rings is 1. The minimum absolute atomic E-state index is 0.691. The van der Waals surface area contributed by atoms with Gasteiger partial charge < -0.3 is 34.6 Å². The first-order valence-electron chi connectivity index (χ1n) is 12.7. The Kier molecular flexibility index (Phi) is 13.7. The van der Waals surface area contributed by atoms with Gasteiger partial charge in [-0.1, -0.05) is 0 Å². The summed E-state index contributed by atoms with van der Waals surface area (Å²) in [5.74, 6) is -6.21. The fourth-order valence-corrected chi connectivity index (χ4v) is 4.63. The first kappa shape index (κ1) is 33.2. The van der Waals surface area contributed by atoms with Crippen molar-refractivity contribution in [3.05, 3.63) is 40.2 Å². The molecule has 0 radical (unpaired) electrons. The van der Waals surface area contributed by atoms with Gasteiger partial charge in [0.2, 0.25) is 0 Å². The van der Waals surface area contributed by atoms with E-state index in [-0.39, 0.29) is 0 Å². The average Bonchev–Trinajstić information content (AvgIpc) is 3.51. The molecule has 0 atom stereocenters. The average molecular weight is 595 g/mol. The van der Waals surface area contributed by atoms with Crippen molar-refractivity contribution in [2.24, 2.45) is 0 Å².